The molecule has 0 aliphatic rings. The number of nitrogens with zero attached hydrogens (tertiary/aromatic N) is 3. The second-order valence-corrected chi connectivity index (χ2v) is 4.98. The first-order valence-corrected chi connectivity index (χ1v) is 6.80. The first-order chi connectivity index (χ1) is 9.91. The van der Waals surface area contributed by atoms with Gasteiger partial charge in [0.1, 0.15) is 5.03 Å². The second-order valence-electron chi connectivity index (χ2n) is 3.92. The van der Waals surface area contributed by atoms with Gasteiger partial charge in [0.2, 0.25) is 0 Å². The van der Waals surface area contributed by atoms with Gasteiger partial charge in [0.25, 0.3) is 0 Å². The monoisotopic (exact) mass is 315 g/mol. The maximum Gasteiger partial charge on any atom is 0.434 e. The van der Waals surface area contributed by atoms with E-state index in [-0.39, 0.29) is 10.7 Å². The zero-order valence-corrected chi connectivity index (χ0v) is 11.8. The van der Waals surface area contributed by atoms with Crippen molar-refractivity contribution in [3.63, 3.8) is 0 Å². The van der Waals surface area contributed by atoms with Crippen LogP contribution in [0.3, 0.4) is 0 Å². The molecular formula is C12H12F3N5S. The number of anilines is 2. The molecule has 2 aromatic heterocycles. The number of hydrogen-bond acceptors (Lipinski definition) is 6. The topological polar surface area (TPSA) is 76.7 Å². The van der Waals surface area contributed by atoms with Crippen LogP contribution in [0.25, 0.3) is 0 Å². The highest BCUT2D eigenvalue weighted by Gasteiger charge is 2.35. The minimum atomic E-state index is -4.52. The SMILES string of the molecule is CCNc1nc(Sc2cccnc2C(F)(F)F)cnc1N. The highest BCUT2D eigenvalue weighted by molar-refractivity contribution is 7.99. The number of alkyl halides is 3. The van der Waals surface area contributed by atoms with E-state index in [4.69, 9.17) is 5.73 Å². The molecule has 0 unspecified atom stereocenters. The summed E-state index contributed by atoms with van der Waals surface area (Å²) in [4.78, 5) is 11.4. The van der Waals surface area contributed by atoms with Crippen molar-refractivity contribution in [3.05, 3.63) is 30.2 Å². The van der Waals surface area contributed by atoms with Crippen LogP contribution in [0.2, 0.25) is 0 Å². The number of hydrogen-bond donors (Lipinski definition) is 2. The van der Waals surface area contributed by atoms with Crippen LogP contribution in [-0.2, 0) is 6.18 Å². The summed E-state index contributed by atoms with van der Waals surface area (Å²) in [6, 6.07) is 2.78. The molecule has 2 heterocycles. The van der Waals surface area contributed by atoms with Crippen molar-refractivity contribution in [2.24, 2.45) is 0 Å². The summed E-state index contributed by atoms with van der Waals surface area (Å²) in [6.45, 7) is 2.43. The summed E-state index contributed by atoms with van der Waals surface area (Å²) in [6.07, 6.45) is -2.09. The van der Waals surface area contributed by atoms with Gasteiger partial charge < -0.3 is 11.1 Å². The normalized spacial score (nSPS) is 11.4. The van der Waals surface area contributed by atoms with Crippen molar-refractivity contribution < 1.29 is 13.2 Å². The van der Waals surface area contributed by atoms with Crippen molar-refractivity contribution in [1.82, 2.24) is 15.0 Å². The van der Waals surface area contributed by atoms with Crippen molar-refractivity contribution in [3.8, 4) is 0 Å². The van der Waals surface area contributed by atoms with Gasteiger partial charge in [0, 0.05) is 17.6 Å². The molecule has 0 radical (unpaired) electrons. The van der Waals surface area contributed by atoms with Gasteiger partial charge in [-0.05, 0) is 19.1 Å². The molecule has 3 N–H and O–H groups in total. The summed E-state index contributed by atoms with van der Waals surface area (Å²) in [7, 11) is 0. The molecule has 9 heteroatoms. The van der Waals surface area contributed by atoms with Crippen LogP contribution < -0.4 is 11.1 Å². The van der Waals surface area contributed by atoms with Crippen molar-refractivity contribution in [2.75, 3.05) is 17.6 Å². The molecule has 112 valence electrons. The zero-order valence-electron chi connectivity index (χ0n) is 11.0. The largest absolute Gasteiger partial charge is 0.434 e. The fourth-order valence-electron chi connectivity index (χ4n) is 1.53. The quantitative estimate of drug-likeness (QED) is 0.903. The van der Waals surface area contributed by atoms with Crippen LogP contribution in [0.1, 0.15) is 12.6 Å². The summed E-state index contributed by atoms with van der Waals surface area (Å²) in [5, 5.41) is 3.20. The van der Waals surface area contributed by atoms with E-state index in [9.17, 15) is 13.2 Å². The van der Waals surface area contributed by atoms with Gasteiger partial charge in [0.05, 0.1) is 6.20 Å². The van der Waals surface area contributed by atoms with E-state index in [2.05, 4.69) is 20.3 Å². The molecule has 0 amide bonds. The van der Waals surface area contributed by atoms with Crippen LogP contribution in [0, 0.1) is 0 Å². The van der Waals surface area contributed by atoms with E-state index in [0.717, 1.165) is 18.0 Å². The van der Waals surface area contributed by atoms with Crippen molar-refractivity contribution in [1.29, 1.82) is 0 Å². The second kappa shape index (κ2) is 6.17. The average Bonchev–Trinajstić information content (AvgIpc) is 2.42. The number of halogens is 3. The van der Waals surface area contributed by atoms with E-state index < -0.39 is 11.9 Å². The fraction of sp³-hybridized carbons (Fsp3) is 0.250. The molecule has 0 fully saturated rings. The molecular weight excluding hydrogens is 303 g/mol. The molecule has 0 aromatic carbocycles. The molecule has 0 spiro atoms. The van der Waals surface area contributed by atoms with Crippen LogP contribution in [0.4, 0.5) is 24.8 Å². The average molecular weight is 315 g/mol. The van der Waals surface area contributed by atoms with E-state index in [1.165, 1.54) is 18.3 Å². The fourth-order valence-corrected chi connectivity index (χ4v) is 2.41. The Kier molecular flexibility index (Phi) is 4.51. The lowest BCUT2D eigenvalue weighted by atomic mass is 10.3. The smallest absolute Gasteiger partial charge is 0.381 e. The number of aromatic nitrogens is 3. The predicted molar refractivity (Wildman–Crippen MR) is 74.0 cm³/mol. The molecule has 0 aliphatic heterocycles. The van der Waals surface area contributed by atoms with Gasteiger partial charge in [0.15, 0.2) is 17.3 Å². The molecule has 0 aliphatic carbocycles. The Morgan fingerprint density at radius 3 is 2.76 bits per heavy atom. The minimum Gasteiger partial charge on any atom is -0.381 e. The maximum atomic E-state index is 12.9. The van der Waals surface area contributed by atoms with E-state index in [1.807, 2.05) is 6.92 Å². The predicted octanol–water partition coefficient (Wildman–Crippen LogP) is 3.06. The third kappa shape index (κ3) is 3.75. The zero-order chi connectivity index (χ0) is 15.5. The van der Waals surface area contributed by atoms with Gasteiger partial charge in [-0.3, -0.25) is 4.98 Å². The number of nitrogens with two attached hydrogens (primary N) is 1. The number of nitrogen functional groups attached to an aromatic ring is 1. The lowest BCUT2D eigenvalue weighted by Gasteiger charge is -2.11. The van der Waals surface area contributed by atoms with E-state index in [0.29, 0.717) is 17.4 Å². The summed E-state index contributed by atoms with van der Waals surface area (Å²) >= 11 is 0.838. The summed E-state index contributed by atoms with van der Waals surface area (Å²) in [5.74, 6) is 0.545. The van der Waals surface area contributed by atoms with Crippen LogP contribution in [0.5, 0.6) is 0 Å². The third-order valence-corrected chi connectivity index (χ3v) is 3.33. The van der Waals surface area contributed by atoms with Crippen LogP contribution in [0.15, 0.2) is 34.4 Å². The van der Waals surface area contributed by atoms with Gasteiger partial charge in [-0.15, -0.1) is 0 Å². The highest BCUT2D eigenvalue weighted by Crippen LogP contribution is 2.37. The molecule has 5 nitrogen and oxygen atoms in total. The highest BCUT2D eigenvalue weighted by atomic mass is 32.2. The Labute approximate surface area is 123 Å². The molecule has 0 atom stereocenters. The molecule has 0 saturated heterocycles. The molecule has 2 aromatic rings. The van der Waals surface area contributed by atoms with Gasteiger partial charge in [-0.2, -0.15) is 13.2 Å². The van der Waals surface area contributed by atoms with Crippen molar-refractivity contribution >= 4 is 23.4 Å². The van der Waals surface area contributed by atoms with E-state index >= 15 is 0 Å². The van der Waals surface area contributed by atoms with E-state index in [1.54, 1.807) is 0 Å². The number of pyridine rings is 1. The lowest BCUT2D eigenvalue weighted by molar-refractivity contribution is -0.143. The number of rotatable bonds is 4. The van der Waals surface area contributed by atoms with Crippen LogP contribution >= 0.6 is 11.8 Å². The number of nitrogens with one attached hydrogen (secondary N) is 1. The molecule has 0 bridgehead atoms. The standard InChI is InChI=1S/C12H12F3N5S/c1-2-17-11-10(16)19-6-8(20-11)21-7-4-3-5-18-9(7)12(13,14)15/h3-6H,2H2,1H3,(H2,16,19)(H,17,20). The third-order valence-electron chi connectivity index (χ3n) is 2.38. The van der Waals surface area contributed by atoms with Gasteiger partial charge >= 0.3 is 6.18 Å². The Bertz CT molecular complexity index is 633. The molecule has 2 rings (SSSR count). The first kappa shape index (κ1) is 15.4. The summed E-state index contributed by atoms with van der Waals surface area (Å²) in [5.41, 5.74) is 4.68. The molecule has 21 heavy (non-hydrogen) atoms. The molecule has 0 saturated carbocycles. The Morgan fingerprint density at radius 1 is 1.33 bits per heavy atom. The minimum absolute atomic E-state index is 0.0356. The van der Waals surface area contributed by atoms with Crippen molar-refractivity contribution in [2.45, 2.75) is 23.0 Å². The van der Waals surface area contributed by atoms with Gasteiger partial charge in [-0.25, -0.2) is 9.97 Å². The maximum absolute atomic E-state index is 12.9. The van der Waals surface area contributed by atoms with Crippen LogP contribution in [-0.4, -0.2) is 21.5 Å². The summed E-state index contributed by atoms with van der Waals surface area (Å²) < 4.78 is 38.6. The Morgan fingerprint density at radius 2 is 2.10 bits per heavy atom. The Balaban J connectivity index is 2.33. The first-order valence-electron chi connectivity index (χ1n) is 5.98. The van der Waals surface area contributed by atoms with Gasteiger partial charge in [-0.1, -0.05) is 11.8 Å². The Hall–Kier alpha value is -2.03. The lowest BCUT2D eigenvalue weighted by Crippen LogP contribution is -2.09.